The van der Waals surface area contributed by atoms with E-state index in [9.17, 15) is 28.4 Å². The summed E-state index contributed by atoms with van der Waals surface area (Å²) in [4.78, 5) is 40.7. The topological polar surface area (TPSA) is 195 Å². The second kappa shape index (κ2) is 19.1. The van der Waals surface area contributed by atoms with Gasteiger partial charge in [-0.3, -0.25) is 19.8 Å². The van der Waals surface area contributed by atoms with E-state index in [1.807, 2.05) is 41.3 Å². The number of anilines is 4. The van der Waals surface area contributed by atoms with Crippen LogP contribution in [0.3, 0.4) is 0 Å². The summed E-state index contributed by atoms with van der Waals surface area (Å²) in [6, 6.07) is 21.1. The Bertz CT molecular complexity index is 2940. The van der Waals surface area contributed by atoms with Gasteiger partial charge in [0.15, 0.2) is 0 Å². The number of hydrogen-bond donors (Lipinski definition) is 4. The number of allylic oxidation sites excluding steroid dienone is 1. The van der Waals surface area contributed by atoms with Crippen molar-refractivity contribution in [3.8, 4) is 5.88 Å². The third-order valence-electron chi connectivity index (χ3n) is 15.0. The lowest BCUT2D eigenvalue weighted by molar-refractivity contribution is -0.384. The van der Waals surface area contributed by atoms with Crippen LogP contribution in [-0.4, -0.2) is 110 Å². The van der Waals surface area contributed by atoms with Gasteiger partial charge < -0.3 is 34.7 Å². The van der Waals surface area contributed by atoms with Crippen molar-refractivity contribution in [2.45, 2.75) is 82.3 Å². The van der Waals surface area contributed by atoms with Crippen LogP contribution in [0.25, 0.3) is 16.6 Å². The minimum absolute atomic E-state index is 0.0698. The molecule has 3 atom stereocenters. The van der Waals surface area contributed by atoms with Crippen LogP contribution in [0.15, 0.2) is 89.5 Å². The fourth-order valence-electron chi connectivity index (χ4n) is 11.1. The highest BCUT2D eigenvalue weighted by molar-refractivity contribution is 7.90. The fourth-order valence-corrected chi connectivity index (χ4v) is 12.2. The van der Waals surface area contributed by atoms with E-state index in [4.69, 9.17) is 26.1 Å². The van der Waals surface area contributed by atoms with Gasteiger partial charge in [0.05, 0.1) is 26.7 Å². The molecule has 1 saturated carbocycles. The molecule has 5 aromatic rings. The Morgan fingerprint density at radius 3 is 2.51 bits per heavy atom. The van der Waals surface area contributed by atoms with Gasteiger partial charge in [-0.15, -0.1) is 0 Å². The lowest BCUT2D eigenvalue weighted by atomic mass is 9.72. The number of amides is 1. The molecule has 18 heteroatoms. The van der Waals surface area contributed by atoms with Crippen LogP contribution in [0.1, 0.15) is 81.6 Å². The van der Waals surface area contributed by atoms with E-state index in [2.05, 4.69) is 50.8 Å². The van der Waals surface area contributed by atoms with Crippen molar-refractivity contribution in [2.75, 3.05) is 74.1 Å². The number of piperazine rings is 1. The van der Waals surface area contributed by atoms with Crippen LogP contribution >= 0.6 is 11.6 Å². The molecule has 16 nitrogen and oxygen atoms in total. The number of fused-ring (bicyclic) bond motifs is 3. The molecule has 0 unspecified atom stereocenters. The average Bonchev–Trinajstić information content (AvgIpc) is 3.88. The zero-order chi connectivity index (χ0) is 49.0. The van der Waals surface area contributed by atoms with E-state index in [-0.39, 0.29) is 34.6 Å². The molecule has 10 rings (SSSR count). The Morgan fingerprint density at radius 1 is 0.986 bits per heavy atom. The lowest BCUT2D eigenvalue weighted by Crippen LogP contribution is -2.47. The first-order valence-electron chi connectivity index (χ1n) is 24.4. The number of rotatable bonds is 12. The zero-order valence-electron chi connectivity index (χ0n) is 39.9. The molecule has 5 heterocycles. The number of carbonyl (C=O) groups excluding carboxylic acids is 1. The molecule has 1 amide bonds. The normalized spacial score (nSPS) is 23.1. The molecule has 0 radical (unpaired) electrons. The summed E-state index contributed by atoms with van der Waals surface area (Å²) in [5.41, 5.74) is 5.65. The smallest absolute Gasteiger partial charge is 0.293 e. The number of aliphatic hydroxyl groups is 1. The minimum atomic E-state index is -4.63. The van der Waals surface area contributed by atoms with Gasteiger partial charge in [0.25, 0.3) is 21.6 Å². The second-order valence-corrected chi connectivity index (χ2v) is 23.0. The zero-order valence-corrected chi connectivity index (χ0v) is 41.5. The number of H-pyrrole nitrogens is 1. The highest BCUT2D eigenvalue weighted by Crippen LogP contribution is 2.48. The number of halogens is 1. The molecular formula is C52H61ClN8O8S. The number of pyridine rings is 1. The van der Waals surface area contributed by atoms with Crippen LogP contribution in [0.5, 0.6) is 5.88 Å². The summed E-state index contributed by atoms with van der Waals surface area (Å²) in [6.07, 6.45) is 7.03. The number of hydrogen-bond acceptors (Lipinski definition) is 13. The molecule has 70 heavy (non-hydrogen) atoms. The molecule has 2 saturated heterocycles. The Balaban J connectivity index is 0.962. The maximum absolute atomic E-state index is 14.7. The van der Waals surface area contributed by atoms with E-state index in [1.54, 1.807) is 19.2 Å². The molecule has 5 aliphatic rings. The SMILES string of the molecule is CC1(C)CCC(CN2CCN(c3ccc(C(=O)NS(=O)(=O)c4ccc(NCC5CCOCC5)c([N+](=O)[O-])c4)c(N4C[C@@H]5C[C@](C)(O)C[C@@H]5Oc5nc6[nH]ccc6cc54)c3)CC2)=C(c2ccc(Cl)cc2)C1. The van der Waals surface area contributed by atoms with Crippen molar-refractivity contribution in [2.24, 2.45) is 17.3 Å². The summed E-state index contributed by atoms with van der Waals surface area (Å²) < 4.78 is 42.6. The number of nitrogens with zero attached hydrogens (tertiary/aromatic N) is 5. The molecular weight excluding hydrogens is 932 g/mol. The van der Waals surface area contributed by atoms with E-state index < -0.39 is 37.0 Å². The van der Waals surface area contributed by atoms with Crippen molar-refractivity contribution in [1.29, 1.82) is 0 Å². The number of sulfonamides is 1. The lowest BCUT2D eigenvalue weighted by Gasteiger charge is -2.39. The monoisotopic (exact) mass is 992 g/mol. The Morgan fingerprint density at radius 2 is 1.76 bits per heavy atom. The number of nitro groups is 1. The largest absolute Gasteiger partial charge is 0.472 e. The summed E-state index contributed by atoms with van der Waals surface area (Å²) in [5.74, 6) is -0.498. The van der Waals surface area contributed by atoms with Gasteiger partial charge in [0, 0.05) is 99.7 Å². The van der Waals surface area contributed by atoms with E-state index >= 15 is 0 Å². The molecule has 2 aromatic heterocycles. The number of benzene rings is 3. The third kappa shape index (κ3) is 10.2. The Labute approximate surface area is 413 Å². The van der Waals surface area contributed by atoms with Crippen molar-refractivity contribution in [3.63, 3.8) is 0 Å². The highest BCUT2D eigenvalue weighted by atomic mass is 35.5. The summed E-state index contributed by atoms with van der Waals surface area (Å²) >= 11 is 6.29. The molecule has 4 N–H and O–H groups in total. The van der Waals surface area contributed by atoms with Crippen molar-refractivity contribution in [3.05, 3.63) is 111 Å². The Kier molecular flexibility index (Phi) is 13.1. The van der Waals surface area contributed by atoms with Crippen LogP contribution < -0.4 is 24.6 Å². The first kappa shape index (κ1) is 47.9. The number of nitrogens with one attached hydrogen (secondary N) is 3. The van der Waals surface area contributed by atoms with Crippen LogP contribution in [0, 0.1) is 27.4 Å². The van der Waals surface area contributed by atoms with Crippen LogP contribution in [0.4, 0.5) is 28.4 Å². The van der Waals surface area contributed by atoms with Crippen LogP contribution in [-0.2, 0) is 14.8 Å². The van der Waals surface area contributed by atoms with Crippen molar-refractivity contribution >= 4 is 72.6 Å². The van der Waals surface area contributed by atoms with Gasteiger partial charge >= 0.3 is 0 Å². The first-order valence-corrected chi connectivity index (χ1v) is 26.2. The van der Waals surface area contributed by atoms with Gasteiger partial charge in [-0.05, 0) is 123 Å². The summed E-state index contributed by atoms with van der Waals surface area (Å²) in [7, 11) is -4.63. The van der Waals surface area contributed by atoms with Gasteiger partial charge in [-0.2, -0.15) is 4.98 Å². The number of carbonyl (C=O) groups is 1. The maximum Gasteiger partial charge on any atom is 0.293 e. The van der Waals surface area contributed by atoms with Gasteiger partial charge in [0.2, 0.25) is 5.88 Å². The van der Waals surface area contributed by atoms with Crippen molar-refractivity contribution < 1.29 is 32.7 Å². The fraction of sp³-hybridized carbons (Fsp3) is 0.462. The molecule has 2 aliphatic carbocycles. The molecule has 3 fully saturated rings. The predicted molar refractivity (Wildman–Crippen MR) is 272 cm³/mol. The molecule has 370 valence electrons. The molecule has 3 aromatic carbocycles. The summed E-state index contributed by atoms with van der Waals surface area (Å²) in [6.45, 7) is 12.4. The minimum Gasteiger partial charge on any atom is -0.472 e. The molecule has 0 spiro atoms. The standard InChI is InChI=1S/C52H61ClN8O8S/c1-51(2)16-12-36(42(28-51)34-4-6-38(53)7-5-34)31-58-18-20-59(21-19-58)39-8-10-41(49(62)57-70(66,67)40-9-11-43(45(26-40)61(64)65)55-30-33-14-22-68-23-15-33)44(25-39)60-32-37-27-52(3,63)29-47(37)69-50-46(60)24-35-13-17-54-48(35)56-50/h4-11,13,17,24-26,33,37,47,55,63H,12,14-16,18-23,27-32H2,1-3H3,(H,54,56)(H,57,62)/t37-,47-,52-/m0/s1. The van der Waals surface area contributed by atoms with Crippen molar-refractivity contribution in [1.82, 2.24) is 19.6 Å². The van der Waals surface area contributed by atoms with Gasteiger partial charge in [0.1, 0.15) is 23.1 Å². The van der Waals surface area contributed by atoms with Gasteiger partial charge in [-0.1, -0.05) is 43.2 Å². The molecule has 3 aliphatic heterocycles. The summed E-state index contributed by atoms with van der Waals surface area (Å²) in [5, 5.41) is 28.3. The van der Waals surface area contributed by atoms with E-state index in [0.29, 0.717) is 75.1 Å². The number of nitro benzene ring substituents is 1. The Hall–Kier alpha value is -5.72. The van der Waals surface area contributed by atoms with E-state index in [0.717, 1.165) is 73.9 Å². The predicted octanol–water partition coefficient (Wildman–Crippen LogP) is 8.93. The third-order valence-corrected chi connectivity index (χ3v) is 16.6. The van der Waals surface area contributed by atoms with Gasteiger partial charge in [-0.25, -0.2) is 13.1 Å². The number of aromatic amines is 1. The average molecular weight is 994 g/mol. The first-order chi connectivity index (χ1) is 33.5. The highest BCUT2D eigenvalue weighted by Gasteiger charge is 2.46. The maximum atomic E-state index is 14.7. The number of aromatic nitrogens is 2. The quantitative estimate of drug-likeness (QED) is 0.0684. The van der Waals surface area contributed by atoms with E-state index in [1.165, 1.54) is 28.8 Å². The van der Waals surface area contributed by atoms with Crippen LogP contribution in [0.2, 0.25) is 5.02 Å². The number of ether oxygens (including phenoxy) is 2. The molecule has 0 bridgehead atoms. The second-order valence-electron chi connectivity index (χ2n) is 20.9.